The van der Waals surface area contributed by atoms with Crippen molar-refractivity contribution in [3.63, 3.8) is 0 Å². The summed E-state index contributed by atoms with van der Waals surface area (Å²) in [6.45, 7) is 5.96. The van der Waals surface area contributed by atoms with Gasteiger partial charge >= 0.3 is 0 Å². The predicted molar refractivity (Wildman–Crippen MR) is 74.0 cm³/mol. The minimum atomic E-state index is -0.0539. The lowest BCUT2D eigenvalue weighted by molar-refractivity contribution is 0.102. The number of aromatic nitrogens is 1. The molecule has 0 spiro atoms. The van der Waals surface area contributed by atoms with Crippen LogP contribution in [0.2, 0.25) is 0 Å². The van der Waals surface area contributed by atoms with Crippen molar-refractivity contribution in [3.8, 4) is 0 Å². The molecule has 0 aliphatic heterocycles. The molecule has 0 atom stereocenters. The first-order chi connectivity index (χ1) is 8.49. The van der Waals surface area contributed by atoms with E-state index in [1.54, 1.807) is 0 Å². The Morgan fingerprint density at radius 1 is 1.17 bits per heavy atom. The fourth-order valence-electron chi connectivity index (χ4n) is 2.01. The number of hydrogen-bond acceptors (Lipinski definition) is 1. The Morgan fingerprint density at radius 3 is 2.44 bits per heavy atom. The number of nitrogens with one attached hydrogen (secondary N) is 1. The summed E-state index contributed by atoms with van der Waals surface area (Å²) in [4.78, 5) is 12.2. The van der Waals surface area contributed by atoms with Crippen LogP contribution in [0.4, 0.5) is 5.69 Å². The highest BCUT2D eigenvalue weighted by Crippen LogP contribution is 2.16. The first-order valence-electron chi connectivity index (χ1n) is 6.00. The van der Waals surface area contributed by atoms with Crippen LogP contribution in [0.5, 0.6) is 0 Å². The maximum Gasteiger partial charge on any atom is 0.257 e. The van der Waals surface area contributed by atoms with Gasteiger partial charge in [0.25, 0.3) is 5.91 Å². The van der Waals surface area contributed by atoms with Gasteiger partial charge in [-0.25, -0.2) is 0 Å². The second kappa shape index (κ2) is 4.69. The highest BCUT2D eigenvalue weighted by atomic mass is 16.1. The molecule has 2 aromatic rings. The topological polar surface area (TPSA) is 34.0 Å². The first kappa shape index (κ1) is 12.4. The number of nitrogens with zero attached hydrogens (tertiary/aromatic N) is 1. The smallest absolute Gasteiger partial charge is 0.257 e. The zero-order valence-electron chi connectivity index (χ0n) is 11.2. The Balaban J connectivity index is 2.25. The maximum atomic E-state index is 12.2. The van der Waals surface area contributed by atoms with Gasteiger partial charge in [0.1, 0.15) is 0 Å². The fraction of sp³-hybridized carbons (Fsp3) is 0.267. The van der Waals surface area contributed by atoms with Crippen molar-refractivity contribution >= 4 is 11.6 Å². The van der Waals surface area contributed by atoms with Crippen LogP contribution in [0.15, 0.2) is 30.3 Å². The maximum absolute atomic E-state index is 12.2. The predicted octanol–water partition coefficient (Wildman–Crippen LogP) is 3.20. The molecule has 1 heterocycles. The molecule has 0 saturated heterocycles. The van der Waals surface area contributed by atoms with E-state index in [0.717, 1.165) is 28.2 Å². The molecule has 3 nitrogen and oxygen atoms in total. The summed E-state index contributed by atoms with van der Waals surface area (Å²) < 4.78 is 2.02. The van der Waals surface area contributed by atoms with Gasteiger partial charge < -0.3 is 9.88 Å². The van der Waals surface area contributed by atoms with E-state index in [1.807, 2.05) is 62.7 Å². The van der Waals surface area contributed by atoms with Crippen LogP contribution in [0, 0.1) is 20.8 Å². The van der Waals surface area contributed by atoms with Crippen molar-refractivity contribution in [1.29, 1.82) is 0 Å². The highest BCUT2D eigenvalue weighted by molar-refractivity contribution is 6.05. The molecule has 0 unspecified atom stereocenters. The van der Waals surface area contributed by atoms with Gasteiger partial charge in [-0.05, 0) is 44.5 Å². The normalized spacial score (nSPS) is 10.4. The van der Waals surface area contributed by atoms with E-state index in [4.69, 9.17) is 0 Å². The van der Waals surface area contributed by atoms with Crippen molar-refractivity contribution in [1.82, 2.24) is 4.57 Å². The third-order valence-corrected chi connectivity index (χ3v) is 3.30. The zero-order chi connectivity index (χ0) is 13.3. The molecule has 0 aliphatic rings. The van der Waals surface area contributed by atoms with Crippen LogP contribution < -0.4 is 5.32 Å². The van der Waals surface area contributed by atoms with Gasteiger partial charge in [-0.2, -0.15) is 0 Å². The summed E-state index contributed by atoms with van der Waals surface area (Å²) in [6.07, 6.45) is 0. The largest absolute Gasteiger partial charge is 0.351 e. The molecule has 3 heteroatoms. The Kier molecular flexibility index (Phi) is 3.24. The third kappa shape index (κ3) is 2.30. The number of carbonyl (C=O) groups excluding carboxylic acids is 1. The van der Waals surface area contributed by atoms with Crippen molar-refractivity contribution in [2.75, 3.05) is 5.32 Å². The van der Waals surface area contributed by atoms with Gasteiger partial charge in [-0.15, -0.1) is 0 Å². The molecular formula is C15H18N2O. The lowest BCUT2D eigenvalue weighted by Gasteiger charge is -2.06. The number of rotatable bonds is 2. The summed E-state index contributed by atoms with van der Waals surface area (Å²) in [5.74, 6) is -0.0539. The molecule has 1 aromatic carbocycles. The molecule has 0 radical (unpaired) electrons. The van der Waals surface area contributed by atoms with Crippen molar-refractivity contribution in [2.24, 2.45) is 7.05 Å². The van der Waals surface area contributed by atoms with E-state index in [-0.39, 0.29) is 5.91 Å². The second-order valence-electron chi connectivity index (χ2n) is 4.67. The van der Waals surface area contributed by atoms with Gasteiger partial charge in [0, 0.05) is 24.1 Å². The summed E-state index contributed by atoms with van der Waals surface area (Å²) in [7, 11) is 1.97. The Hall–Kier alpha value is -2.03. The van der Waals surface area contributed by atoms with Gasteiger partial charge in [0.05, 0.1) is 5.56 Å². The number of amides is 1. The molecule has 18 heavy (non-hydrogen) atoms. The standard InChI is InChI=1S/C15H18N2O/c1-10-6-5-7-13(8-10)16-15(18)14-9-11(2)17(4)12(14)3/h5-9H,1-4H3,(H,16,18). The monoisotopic (exact) mass is 242 g/mol. The third-order valence-electron chi connectivity index (χ3n) is 3.30. The van der Waals surface area contributed by atoms with E-state index < -0.39 is 0 Å². The Bertz CT molecular complexity index is 597. The van der Waals surface area contributed by atoms with Gasteiger partial charge in [-0.1, -0.05) is 12.1 Å². The fourth-order valence-corrected chi connectivity index (χ4v) is 2.01. The van der Waals surface area contributed by atoms with E-state index >= 15 is 0 Å². The van der Waals surface area contributed by atoms with Gasteiger partial charge in [0.2, 0.25) is 0 Å². The van der Waals surface area contributed by atoms with E-state index in [1.165, 1.54) is 0 Å². The van der Waals surface area contributed by atoms with E-state index in [2.05, 4.69) is 5.32 Å². The van der Waals surface area contributed by atoms with Crippen LogP contribution in [-0.4, -0.2) is 10.5 Å². The summed E-state index contributed by atoms with van der Waals surface area (Å²) in [6, 6.07) is 9.72. The quantitative estimate of drug-likeness (QED) is 0.862. The average molecular weight is 242 g/mol. The van der Waals surface area contributed by atoms with Crippen LogP contribution >= 0.6 is 0 Å². The number of benzene rings is 1. The molecule has 1 aromatic heterocycles. The molecule has 0 fully saturated rings. The molecule has 1 N–H and O–H groups in total. The molecule has 0 saturated carbocycles. The van der Waals surface area contributed by atoms with Gasteiger partial charge in [0.15, 0.2) is 0 Å². The minimum Gasteiger partial charge on any atom is -0.351 e. The Morgan fingerprint density at radius 2 is 1.89 bits per heavy atom. The number of hydrogen-bond donors (Lipinski definition) is 1. The number of carbonyl (C=O) groups is 1. The van der Waals surface area contributed by atoms with Crippen LogP contribution in [0.3, 0.4) is 0 Å². The SMILES string of the molecule is Cc1cccc(NC(=O)c2cc(C)n(C)c2C)c1. The van der Waals surface area contributed by atoms with Crippen molar-refractivity contribution in [2.45, 2.75) is 20.8 Å². The van der Waals surface area contributed by atoms with Crippen LogP contribution in [0.25, 0.3) is 0 Å². The number of aryl methyl sites for hydroxylation is 2. The summed E-state index contributed by atoms with van der Waals surface area (Å²) >= 11 is 0. The lowest BCUT2D eigenvalue weighted by atomic mass is 10.2. The highest BCUT2D eigenvalue weighted by Gasteiger charge is 2.13. The number of anilines is 1. The van der Waals surface area contributed by atoms with Crippen molar-refractivity contribution < 1.29 is 4.79 Å². The summed E-state index contributed by atoms with van der Waals surface area (Å²) in [5, 5.41) is 2.93. The molecule has 1 amide bonds. The molecule has 94 valence electrons. The van der Waals surface area contributed by atoms with E-state index in [9.17, 15) is 4.79 Å². The Labute approximate surface area is 107 Å². The lowest BCUT2D eigenvalue weighted by Crippen LogP contribution is -2.12. The molecule has 0 aliphatic carbocycles. The van der Waals surface area contributed by atoms with Crippen LogP contribution in [-0.2, 0) is 7.05 Å². The van der Waals surface area contributed by atoms with Crippen LogP contribution in [0.1, 0.15) is 27.3 Å². The van der Waals surface area contributed by atoms with Gasteiger partial charge in [-0.3, -0.25) is 4.79 Å². The zero-order valence-corrected chi connectivity index (χ0v) is 11.2. The minimum absolute atomic E-state index is 0.0539. The average Bonchev–Trinajstić information content (AvgIpc) is 2.57. The first-order valence-corrected chi connectivity index (χ1v) is 6.00. The van der Waals surface area contributed by atoms with Crippen molar-refractivity contribution in [3.05, 3.63) is 52.8 Å². The van der Waals surface area contributed by atoms with E-state index in [0.29, 0.717) is 0 Å². The molecular weight excluding hydrogens is 224 g/mol. The second-order valence-corrected chi connectivity index (χ2v) is 4.67. The molecule has 0 bridgehead atoms. The molecule has 2 rings (SSSR count). The summed E-state index contributed by atoms with van der Waals surface area (Å²) in [5.41, 5.74) is 4.77.